The van der Waals surface area contributed by atoms with E-state index in [1.54, 1.807) is 6.07 Å². The van der Waals surface area contributed by atoms with E-state index in [2.05, 4.69) is 23.9 Å². The molecule has 0 saturated carbocycles. The first kappa shape index (κ1) is 13.3. The van der Waals surface area contributed by atoms with Gasteiger partial charge in [-0.25, -0.2) is 4.39 Å². The van der Waals surface area contributed by atoms with Gasteiger partial charge in [-0.1, -0.05) is 0 Å². The summed E-state index contributed by atoms with van der Waals surface area (Å²) in [4.78, 5) is 4.50. The van der Waals surface area contributed by atoms with Gasteiger partial charge in [0.15, 0.2) is 0 Å². The molecule has 3 nitrogen and oxygen atoms in total. The van der Waals surface area contributed by atoms with Crippen LogP contribution in [-0.2, 0) is 6.61 Å². The van der Waals surface area contributed by atoms with Crippen LogP contribution in [0.2, 0.25) is 0 Å². The van der Waals surface area contributed by atoms with Crippen molar-refractivity contribution in [1.82, 2.24) is 4.90 Å². The maximum Gasteiger partial charge on any atom is 0.123 e. The maximum absolute atomic E-state index is 13.1. The van der Waals surface area contributed by atoms with E-state index in [-0.39, 0.29) is 12.4 Å². The van der Waals surface area contributed by atoms with Crippen LogP contribution in [-0.4, -0.2) is 43.2 Å². The number of hydrogen-bond acceptors (Lipinski definition) is 3. The molecule has 18 heavy (non-hydrogen) atoms. The molecular formula is C14H21FN2O. The van der Waals surface area contributed by atoms with Crippen molar-refractivity contribution in [2.45, 2.75) is 25.5 Å². The molecule has 1 aliphatic rings. The third kappa shape index (κ3) is 2.82. The van der Waals surface area contributed by atoms with Crippen LogP contribution in [0.5, 0.6) is 0 Å². The summed E-state index contributed by atoms with van der Waals surface area (Å²) in [6.07, 6.45) is 2.21. The number of aliphatic hydroxyl groups is 1. The molecule has 0 bridgehead atoms. The minimum absolute atomic E-state index is 0.110. The third-order valence-corrected chi connectivity index (χ3v) is 3.75. The van der Waals surface area contributed by atoms with E-state index in [1.165, 1.54) is 12.1 Å². The molecule has 1 saturated heterocycles. The van der Waals surface area contributed by atoms with Crippen molar-refractivity contribution in [3.8, 4) is 0 Å². The predicted molar refractivity (Wildman–Crippen MR) is 71.2 cm³/mol. The van der Waals surface area contributed by atoms with Crippen LogP contribution in [0.4, 0.5) is 10.1 Å². The Kier molecular flexibility index (Phi) is 4.19. The van der Waals surface area contributed by atoms with Gasteiger partial charge in [0.1, 0.15) is 5.82 Å². The van der Waals surface area contributed by atoms with Gasteiger partial charge in [0, 0.05) is 30.4 Å². The smallest absolute Gasteiger partial charge is 0.123 e. The highest BCUT2D eigenvalue weighted by Crippen LogP contribution is 2.26. The Bertz CT molecular complexity index is 401. The Hall–Kier alpha value is -1.13. The van der Waals surface area contributed by atoms with E-state index in [0.29, 0.717) is 11.6 Å². The summed E-state index contributed by atoms with van der Waals surface area (Å²) >= 11 is 0. The molecule has 0 aliphatic carbocycles. The molecule has 1 aromatic carbocycles. The number of halogens is 1. The highest BCUT2D eigenvalue weighted by atomic mass is 19.1. The van der Waals surface area contributed by atoms with E-state index >= 15 is 0 Å². The van der Waals surface area contributed by atoms with Gasteiger partial charge < -0.3 is 14.9 Å². The number of rotatable bonds is 3. The quantitative estimate of drug-likeness (QED) is 0.889. The summed E-state index contributed by atoms with van der Waals surface area (Å²) in [5.74, 6) is -0.286. The van der Waals surface area contributed by atoms with Crippen molar-refractivity contribution < 1.29 is 9.50 Å². The van der Waals surface area contributed by atoms with Gasteiger partial charge in [-0.15, -0.1) is 0 Å². The summed E-state index contributed by atoms with van der Waals surface area (Å²) in [5.41, 5.74) is 1.65. The highest BCUT2D eigenvalue weighted by Gasteiger charge is 2.22. The largest absolute Gasteiger partial charge is 0.392 e. The second-order valence-corrected chi connectivity index (χ2v) is 5.11. The second-order valence-electron chi connectivity index (χ2n) is 5.11. The molecular weight excluding hydrogens is 231 g/mol. The van der Waals surface area contributed by atoms with Gasteiger partial charge >= 0.3 is 0 Å². The SMILES string of the molecule is CN(C)C1CCN(c2ccc(F)cc2CO)CC1. The van der Waals surface area contributed by atoms with Crippen molar-refractivity contribution in [3.63, 3.8) is 0 Å². The van der Waals surface area contributed by atoms with Crippen molar-refractivity contribution >= 4 is 5.69 Å². The first-order chi connectivity index (χ1) is 8.61. The lowest BCUT2D eigenvalue weighted by molar-refractivity contribution is 0.248. The Balaban J connectivity index is 2.09. The Morgan fingerprint density at radius 2 is 2.00 bits per heavy atom. The molecule has 1 heterocycles. The molecule has 0 spiro atoms. The van der Waals surface area contributed by atoms with Crippen LogP contribution < -0.4 is 4.90 Å². The minimum atomic E-state index is -0.286. The van der Waals surface area contributed by atoms with Gasteiger partial charge in [0.05, 0.1) is 6.61 Å². The normalized spacial score (nSPS) is 17.5. The van der Waals surface area contributed by atoms with Crippen molar-refractivity contribution in [2.75, 3.05) is 32.1 Å². The average molecular weight is 252 g/mol. The molecule has 1 N–H and O–H groups in total. The zero-order valence-electron chi connectivity index (χ0n) is 11.1. The molecule has 1 fully saturated rings. The third-order valence-electron chi connectivity index (χ3n) is 3.75. The molecule has 4 heteroatoms. The second kappa shape index (κ2) is 5.67. The summed E-state index contributed by atoms with van der Waals surface area (Å²) in [5, 5.41) is 9.31. The number of hydrogen-bond donors (Lipinski definition) is 1. The number of anilines is 1. The minimum Gasteiger partial charge on any atom is -0.392 e. The van der Waals surface area contributed by atoms with Crippen LogP contribution in [0.3, 0.4) is 0 Å². The molecule has 1 aromatic rings. The molecule has 100 valence electrons. The topological polar surface area (TPSA) is 26.7 Å². The standard InChI is InChI=1S/C14H21FN2O/c1-16(2)13-5-7-17(8-6-13)14-4-3-12(15)9-11(14)10-18/h3-4,9,13,18H,5-8,10H2,1-2H3. The monoisotopic (exact) mass is 252 g/mol. The molecule has 2 rings (SSSR count). The van der Waals surface area contributed by atoms with Crippen molar-refractivity contribution in [2.24, 2.45) is 0 Å². The molecule has 0 radical (unpaired) electrons. The van der Waals surface area contributed by atoms with Gasteiger partial charge in [0.25, 0.3) is 0 Å². The van der Waals surface area contributed by atoms with Crippen LogP contribution >= 0.6 is 0 Å². The molecule has 0 unspecified atom stereocenters. The lowest BCUT2D eigenvalue weighted by Gasteiger charge is -2.37. The number of nitrogens with zero attached hydrogens (tertiary/aromatic N) is 2. The van der Waals surface area contributed by atoms with Gasteiger partial charge in [0.2, 0.25) is 0 Å². The number of piperidine rings is 1. The molecule has 0 amide bonds. The Morgan fingerprint density at radius 1 is 1.33 bits per heavy atom. The van der Waals surface area contributed by atoms with Gasteiger partial charge in [-0.05, 0) is 45.1 Å². The van der Waals surface area contributed by atoms with E-state index in [4.69, 9.17) is 0 Å². The Labute approximate surface area is 108 Å². The van der Waals surface area contributed by atoms with Gasteiger partial charge in [-0.2, -0.15) is 0 Å². The Morgan fingerprint density at radius 3 is 2.56 bits per heavy atom. The van der Waals surface area contributed by atoms with Crippen LogP contribution in [0.25, 0.3) is 0 Å². The fourth-order valence-electron chi connectivity index (χ4n) is 2.61. The molecule has 0 aromatic heterocycles. The first-order valence-corrected chi connectivity index (χ1v) is 6.42. The first-order valence-electron chi connectivity index (χ1n) is 6.42. The van der Waals surface area contributed by atoms with E-state index in [1.807, 2.05) is 0 Å². The number of aliphatic hydroxyl groups excluding tert-OH is 1. The average Bonchev–Trinajstić information content (AvgIpc) is 2.38. The van der Waals surface area contributed by atoms with E-state index in [0.717, 1.165) is 31.6 Å². The van der Waals surface area contributed by atoms with Crippen molar-refractivity contribution in [1.29, 1.82) is 0 Å². The van der Waals surface area contributed by atoms with Gasteiger partial charge in [-0.3, -0.25) is 0 Å². The van der Waals surface area contributed by atoms with Crippen LogP contribution in [0.1, 0.15) is 18.4 Å². The summed E-state index contributed by atoms with van der Waals surface area (Å²) in [6, 6.07) is 5.29. The van der Waals surface area contributed by atoms with E-state index < -0.39 is 0 Å². The summed E-state index contributed by atoms with van der Waals surface area (Å²) in [7, 11) is 4.22. The number of benzene rings is 1. The van der Waals surface area contributed by atoms with Crippen LogP contribution in [0.15, 0.2) is 18.2 Å². The molecule has 0 atom stereocenters. The zero-order chi connectivity index (χ0) is 13.1. The lowest BCUT2D eigenvalue weighted by Crippen LogP contribution is -2.42. The fourth-order valence-corrected chi connectivity index (χ4v) is 2.61. The molecule has 1 aliphatic heterocycles. The summed E-state index contributed by atoms with van der Waals surface area (Å²) in [6.45, 7) is 1.81. The van der Waals surface area contributed by atoms with Crippen LogP contribution in [0, 0.1) is 5.82 Å². The lowest BCUT2D eigenvalue weighted by atomic mass is 10.0. The zero-order valence-corrected chi connectivity index (χ0v) is 11.1. The fraction of sp³-hybridized carbons (Fsp3) is 0.571. The predicted octanol–water partition coefficient (Wildman–Crippen LogP) is 1.85. The van der Waals surface area contributed by atoms with E-state index in [9.17, 15) is 9.50 Å². The summed E-state index contributed by atoms with van der Waals surface area (Å²) < 4.78 is 13.1. The van der Waals surface area contributed by atoms with Crippen molar-refractivity contribution in [3.05, 3.63) is 29.6 Å². The highest BCUT2D eigenvalue weighted by molar-refractivity contribution is 5.54. The maximum atomic E-state index is 13.1.